The minimum absolute atomic E-state index is 0.0763. The van der Waals surface area contributed by atoms with Crippen molar-refractivity contribution in [3.05, 3.63) is 84.1 Å². The Balaban J connectivity index is 1.53. The van der Waals surface area contributed by atoms with E-state index in [2.05, 4.69) is 15.3 Å². The van der Waals surface area contributed by atoms with E-state index in [-0.39, 0.29) is 17.8 Å². The maximum atomic E-state index is 14.4. The molecule has 5 nitrogen and oxygen atoms in total. The first-order valence-corrected chi connectivity index (χ1v) is 10.2. The van der Waals surface area contributed by atoms with Crippen LogP contribution in [0.3, 0.4) is 0 Å². The van der Waals surface area contributed by atoms with Crippen LogP contribution in [0.4, 0.5) is 15.9 Å². The zero-order chi connectivity index (χ0) is 21.1. The standard InChI is InChI=1S/C24H25FN4O/c1-24(2,18-8-3-4-9-19(18)25)23(30)29-15-7-10-21(29)20-13-12-17(16-27-20)28-22-11-5-6-14-26-22/h3-6,8-9,11-14,16,21H,7,10,15H2,1-2H3,(H,26,28)/t21-/m1/s1. The molecule has 0 aliphatic carbocycles. The fourth-order valence-corrected chi connectivity index (χ4v) is 4.02. The maximum absolute atomic E-state index is 14.4. The number of benzene rings is 1. The van der Waals surface area contributed by atoms with E-state index in [0.29, 0.717) is 12.1 Å². The lowest BCUT2D eigenvalue weighted by molar-refractivity contribution is -0.137. The molecule has 0 unspecified atom stereocenters. The molecule has 2 aromatic heterocycles. The highest BCUT2D eigenvalue weighted by Gasteiger charge is 2.40. The molecule has 1 amide bonds. The SMILES string of the molecule is CC(C)(C(=O)N1CCC[C@@H]1c1ccc(Nc2ccccn2)cn1)c1ccccc1F. The quantitative estimate of drug-likeness (QED) is 0.650. The number of hydrogen-bond donors (Lipinski definition) is 1. The van der Waals surface area contributed by atoms with E-state index >= 15 is 0 Å². The number of nitrogens with zero attached hydrogens (tertiary/aromatic N) is 3. The minimum atomic E-state index is -0.950. The third kappa shape index (κ3) is 3.90. The van der Waals surface area contributed by atoms with Crippen molar-refractivity contribution < 1.29 is 9.18 Å². The van der Waals surface area contributed by atoms with Crippen molar-refractivity contribution in [1.29, 1.82) is 0 Å². The topological polar surface area (TPSA) is 58.1 Å². The third-order valence-electron chi connectivity index (χ3n) is 5.66. The average Bonchev–Trinajstić information content (AvgIpc) is 3.24. The summed E-state index contributed by atoms with van der Waals surface area (Å²) in [7, 11) is 0. The summed E-state index contributed by atoms with van der Waals surface area (Å²) in [6.07, 6.45) is 5.23. The number of nitrogens with one attached hydrogen (secondary N) is 1. The fraction of sp³-hybridized carbons (Fsp3) is 0.292. The van der Waals surface area contributed by atoms with Crippen molar-refractivity contribution in [2.75, 3.05) is 11.9 Å². The molecule has 0 bridgehead atoms. The molecule has 3 heterocycles. The van der Waals surface area contributed by atoms with Gasteiger partial charge in [-0.2, -0.15) is 0 Å². The number of carbonyl (C=O) groups is 1. The van der Waals surface area contributed by atoms with Crippen LogP contribution in [0.2, 0.25) is 0 Å². The van der Waals surface area contributed by atoms with Crippen molar-refractivity contribution in [3.63, 3.8) is 0 Å². The van der Waals surface area contributed by atoms with Crippen molar-refractivity contribution in [2.24, 2.45) is 0 Å². The minimum Gasteiger partial charge on any atom is -0.339 e. The molecule has 0 saturated carbocycles. The maximum Gasteiger partial charge on any atom is 0.233 e. The summed E-state index contributed by atoms with van der Waals surface area (Å²) >= 11 is 0. The second-order valence-corrected chi connectivity index (χ2v) is 8.07. The molecule has 1 saturated heterocycles. The van der Waals surface area contributed by atoms with Gasteiger partial charge >= 0.3 is 0 Å². The average molecular weight is 404 g/mol. The van der Waals surface area contributed by atoms with Gasteiger partial charge in [-0.15, -0.1) is 0 Å². The second kappa shape index (κ2) is 8.22. The molecule has 4 rings (SSSR count). The molecule has 1 aliphatic rings. The number of carbonyl (C=O) groups excluding carboxylic acids is 1. The van der Waals surface area contributed by atoms with E-state index < -0.39 is 5.41 Å². The van der Waals surface area contributed by atoms with Crippen molar-refractivity contribution in [2.45, 2.75) is 38.1 Å². The Morgan fingerprint density at radius 1 is 1.10 bits per heavy atom. The molecule has 0 spiro atoms. The molecule has 30 heavy (non-hydrogen) atoms. The molecule has 1 aromatic carbocycles. The van der Waals surface area contributed by atoms with E-state index in [0.717, 1.165) is 30.0 Å². The van der Waals surface area contributed by atoms with Crippen LogP contribution in [0.5, 0.6) is 0 Å². The molecule has 6 heteroatoms. The molecule has 1 N–H and O–H groups in total. The van der Waals surface area contributed by atoms with Gasteiger partial charge in [0.2, 0.25) is 5.91 Å². The molecular formula is C24H25FN4O. The number of hydrogen-bond acceptors (Lipinski definition) is 4. The largest absolute Gasteiger partial charge is 0.339 e. The van der Waals surface area contributed by atoms with Crippen LogP contribution in [0, 0.1) is 5.82 Å². The predicted molar refractivity (Wildman–Crippen MR) is 115 cm³/mol. The lowest BCUT2D eigenvalue weighted by Gasteiger charge is -2.33. The van der Waals surface area contributed by atoms with Gasteiger partial charge in [0.05, 0.1) is 29.0 Å². The normalized spacial score (nSPS) is 16.5. The van der Waals surface area contributed by atoms with Gasteiger partial charge in [-0.25, -0.2) is 9.37 Å². The zero-order valence-electron chi connectivity index (χ0n) is 17.2. The summed E-state index contributed by atoms with van der Waals surface area (Å²) in [4.78, 5) is 24.1. The van der Waals surface area contributed by atoms with Crippen molar-refractivity contribution in [1.82, 2.24) is 14.9 Å². The van der Waals surface area contributed by atoms with Gasteiger partial charge in [0.25, 0.3) is 0 Å². The number of aromatic nitrogens is 2. The highest BCUT2D eigenvalue weighted by Crippen LogP contribution is 2.37. The van der Waals surface area contributed by atoms with Gasteiger partial charge in [0, 0.05) is 18.3 Å². The van der Waals surface area contributed by atoms with Gasteiger partial charge in [-0.1, -0.05) is 24.3 Å². The van der Waals surface area contributed by atoms with Gasteiger partial charge in [0.15, 0.2) is 0 Å². The predicted octanol–water partition coefficient (Wildman–Crippen LogP) is 5.00. The molecule has 3 aromatic rings. The number of rotatable bonds is 5. The lowest BCUT2D eigenvalue weighted by atomic mass is 9.82. The molecule has 1 aliphatic heterocycles. The monoisotopic (exact) mass is 404 g/mol. The van der Waals surface area contributed by atoms with E-state index in [4.69, 9.17) is 0 Å². The Morgan fingerprint density at radius 2 is 1.90 bits per heavy atom. The van der Waals surface area contributed by atoms with Crippen LogP contribution in [-0.4, -0.2) is 27.3 Å². The Labute approximate surface area is 176 Å². The highest BCUT2D eigenvalue weighted by molar-refractivity contribution is 5.88. The van der Waals surface area contributed by atoms with Crippen LogP contribution in [0.1, 0.15) is 44.0 Å². The second-order valence-electron chi connectivity index (χ2n) is 8.07. The molecule has 1 atom stereocenters. The summed E-state index contributed by atoms with van der Waals surface area (Å²) in [5, 5.41) is 3.21. The summed E-state index contributed by atoms with van der Waals surface area (Å²) in [5.74, 6) is 0.318. The van der Waals surface area contributed by atoms with Crippen molar-refractivity contribution >= 4 is 17.4 Å². The molecule has 154 valence electrons. The van der Waals surface area contributed by atoms with Crippen molar-refractivity contribution in [3.8, 4) is 0 Å². The Kier molecular flexibility index (Phi) is 5.48. The van der Waals surface area contributed by atoms with Crippen LogP contribution >= 0.6 is 0 Å². The third-order valence-corrected chi connectivity index (χ3v) is 5.66. The van der Waals surface area contributed by atoms with Gasteiger partial charge in [-0.05, 0) is 57.0 Å². The number of pyridine rings is 2. The first-order valence-electron chi connectivity index (χ1n) is 10.2. The Morgan fingerprint density at radius 3 is 2.60 bits per heavy atom. The summed E-state index contributed by atoms with van der Waals surface area (Å²) < 4.78 is 14.4. The van der Waals surface area contributed by atoms with Gasteiger partial charge in [-0.3, -0.25) is 9.78 Å². The summed E-state index contributed by atoms with van der Waals surface area (Å²) in [6, 6.07) is 15.9. The Hall–Kier alpha value is -3.28. The van der Waals surface area contributed by atoms with Crippen LogP contribution in [0.25, 0.3) is 0 Å². The summed E-state index contributed by atoms with van der Waals surface area (Å²) in [6.45, 7) is 4.23. The van der Waals surface area contributed by atoms with Crippen LogP contribution < -0.4 is 5.32 Å². The number of halogens is 1. The van der Waals surface area contributed by atoms with Crippen LogP contribution in [0.15, 0.2) is 67.0 Å². The van der Waals surface area contributed by atoms with E-state index in [1.54, 1.807) is 44.4 Å². The highest BCUT2D eigenvalue weighted by atomic mass is 19.1. The Bertz CT molecular complexity index is 1020. The number of anilines is 2. The number of likely N-dealkylation sites (tertiary alicyclic amines) is 1. The van der Waals surface area contributed by atoms with Gasteiger partial charge in [0.1, 0.15) is 11.6 Å². The fourth-order valence-electron chi connectivity index (χ4n) is 4.02. The molecular weight excluding hydrogens is 379 g/mol. The number of amides is 1. The van der Waals surface area contributed by atoms with E-state index in [9.17, 15) is 9.18 Å². The first-order chi connectivity index (χ1) is 14.5. The lowest BCUT2D eigenvalue weighted by Crippen LogP contribution is -2.43. The molecule has 1 fully saturated rings. The van der Waals surface area contributed by atoms with E-state index in [1.807, 2.05) is 35.2 Å². The molecule has 0 radical (unpaired) electrons. The summed E-state index contributed by atoms with van der Waals surface area (Å²) in [5.41, 5.74) is 1.15. The van der Waals surface area contributed by atoms with Crippen LogP contribution in [-0.2, 0) is 10.2 Å². The zero-order valence-corrected chi connectivity index (χ0v) is 17.2. The first kappa shape index (κ1) is 20.0. The smallest absolute Gasteiger partial charge is 0.233 e. The van der Waals surface area contributed by atoms with E-state index in [1.165, 1.54) is 6.07 Å². The van der Waals surface area contributed by atoms with Gasteiger partial charge < -0.3 is 10.2 Å².